The topological polar surface area (TPSA) is 33.7 Å². The van der Waals surface area contributed by atoms with Crippen LogP contribution in [0.4, 0.5) is 0 Å². The summed E-state index contributed by atoms with van der Waals surface area (Å²) in [5.41, 5.74) is 1.29. The van der Waals surface area contributed by atoms with Crippen LogP contribution in [0.3, 0.4) is 0 Å². The van der Waals surface area contributed by atoms with Crippen molar-refractivity contribution < 1.29 is 9.47 Å². The molecule has 2 atom stereocenters. The molecule has 0 saturated carbocycles. The molecular formula is C17H26N2O2. The highest BCUT2D eigenvalue weighted by molar-refractivity contribution is 5.48. The first kappa shape index (κ1) is 14.7. The van der Waals surface area contributed by atoms with Crippen molar-refractivity contribution in [2.45, 2.75) is 31.3 Å². The van der Waals surface area contributed by atoms with Crippen molar-refractivity contribution in [1.29, 1.82) is 0 Å². The molecule has 21 heavy (non-hydrogen) atoms. The number of para-hydroxylation sites is 1. The Kier molecular flexibility index (Phi) is 4.66. The van der Waals surface area contributed by atoms with Gasteiger partial charge in [-0.3, -0.25) is 0 Å². The average molecular weight is 290 g/mol. The fourth-order valence-corrected chi connectivity index (χ4v) is 3.45. The lowest BCUT2D eigenvalue weighted by atomic mass is 9.91. The van der Waals surface area contributed by atoms with E-state index in [1.807, 2.05) is 6.07 Å². The van der Waals surface area contributed by atoms with Gasteiger partial charge in [-0.1, -0.05) is 12.1 Å². The third-order valence-electron chi connectivity index (χ3n) is 4.59. The molecule has 2 aliphatic rings. The van der Waals surface area contributed by atoms with Crippen molar-refractivity contribution in [3.63, 3.8) is 0 Å². The molecule has 0 amide bonds. The van der Waals surface area contributed by atoms with Gasteiger partial charge in [-0.15, -0.1) is 0 Å². The van der Waals surface area contributed by atoms with E-state index in [1.165, 1.54) is 18.4 Å². The van der Waals surface area contributed by atoms with E-state index >= 15 is 0 Å². The van der Waals surface area contributed by atoms with E-state index in [0.717, 1.165) is 44.1 Å². The van der Waals surface area contributed by atoms with Gasteiger partial charge in [-0.25, -0.2) is 0 Å². The fraction of sp³-hybridized carbons (Fsp3) is 0.647. The Morgan fingerprint density at radius 1 is 1.29 bits per heavy atom. The van der Waals surface area contributed by atoms with Crippen molar-refractivity contribution in [2.75, 3.05) is 40.3 Å². The molecular weight excluding hydrogens is 264 g/mol. The van der Waals surface area contributed by atoms with Gasteiger partial charge in [0.15, 0.2) is 11.5 Å². The zero-order chi connectivity index (χ0) is 14.7. The van der Waals surface area contributed by atoms with Gasteiger partial charge >= 0.3 is 0 Å². The van der Waals surface area contributed by atoms with Gasteiger partial charge in [0.25, 0.3) is 0 Å². The molecule has 1 aromatic carbocycles. The predicted molar refractivity (Wildman–Crippen MR) is 84.4 cm³/mol. The second kappa shape index (κ2) is 6.67. The molecule has 1 N–H and O–H groups in total. The zero-order valence-corrected chi connectivity index (χ0v) is 13.1. The monoisotopic (exact) mass is 290 g/mol. The summed E-state index contributed by atoms with van der Waals surface area (Å²) in [4.78, 5) is 2.31. The number of hydrogen-bond acceptors (Lipinski definition) is 4. The number of likely N-dealkylation sites (N-methyl/N-ethyl adjacent to an activating group) is 1. The lowest BCUT2D eigenvalue weighted by Crippen LogP contribution is -2.28. The molecule has 3 rings (SSSR count). The lowest BCUT2D eigenvalue weighted by Gasteiger charge is -2.26. The highest BCUT2D eigenvalue weighted by Gasteiger charge is 2.25. The molecule has 0 aliphatic carbocycles. The maximum absolute atomic E-state index is 6.21. The minimum absolute atomic E-state index is 0.281. The summed E-state index contributed by atoms with van der Waals surface area (Å²) in [5.74, 6) is 2.37. The lowest BCUT2D eigenvalue weighted by molar-refractivity contribution is 0.198. The average Bonchev–Trinajstić information content (AvgIpc) is 2.93. The van der Waals surface area contributed by atoms with Crippen molar-refractivity contribution in [2.24, 2.45) is 0 Å². The first-order chi connectivity index (χ1) is 10.3. The number of piperidine rings is 1. The molecule has 4 nitrogen and oxygen atoms in total. The van der Waals surface area contributed by atoms with Crippen LogP contribution in [0.1, 0.15) is 30.7 Å². The van der Waals surface area contributed by atoms with Crippen LogP contribution in [-0.2, 0) is 0 Å². The number of methoxy groups -OCH3 is 1. The van der Waals surface area contributed by atoms with Gasteiger partial charge in [0.05, 0.1) is 7.11 Å². The Balaban J connectivity index is 1.79. The van der Waals surface area contributed by atoms with Gasteiger partial charge in [0.2, 0.25) is 0 Å². The number of nitrogens with one attached hydrogen (secondary N) is 1. The highest BCUT2D eigenvalue weighted by atomic mass is 16.5. The predicted octanol–water partition coefficient (Wildman–Crippen LogP) is 2.25. The molecule has 2 unspecified atom stereocenters. The largest absolute Gasteiger partial charge is 0.493 e. The quantitative estimate of drug-likeness (QED) is 0.922. The molecule has 4 heteroatoms. The summed E-state index contributed by atoms with van der Waals surface area (Å²) >= 11 is 0. The van der Waals surface area contributed by atoms with Crippen molar-refractivity contribution in [3.8, 4) is 11.5 Å². The minimum Gasteiger partial charge on any atom is -0.493 e. The number of hydrogen-bond donors (Lipinski definition) is 1. The third-order valence-corrected chi connectivity index (χ3v) is 4.59. The molecule has 0 aromatic heterocycles. The van der Waals surface area contributed by atoms with Crippen LogP contribution >= 0.6 is 0 Å². The van der Waals surface area contributed by atoms with E-state index in [0.29, 0.717) is 5.92 Å². The fourth-order valence-electron chi connectivity index (χ4n) is 3.45. The first-order valence-corrected chi connectivity index (χ1v) is 8.00. The Morgan fingerprint density at radius 3 is 2.86 bits per heavy atom. The molecule has 116 valence electrons. The SMILES string of the molecule is COc1c(OC2CCN(C)C2)cccc1C1CCCNC1. The van der Waals surface area contributed by atoms with Gasteiger partial charge in [-0.2, -0.15) is 0 Å². The molecule has 0 bridgehead atoms. The Labute approximate surface area is 127 Å². The van der Waals surface area contributed by atoms with E-state index in [-0.39, 0.29) is 6.10 Å². The van der Waals surface area contributed by atoms with Crippen LogP contribution in [0.15, 0.2) is 18.2 Å². The third kappa shape index (κ3) is 3.33. The molecule has 2 heterocycles. The summed E-state index contributed by atoms with van der Waals surface area (Å²) in [6, 6.07) is 6.32. The zero-order valence-electron chi connectivity index (χ0n) is 13.1. The molecule has 0 radical (unpaired) electrons. The molecule has 2 saturated heterocycles. The van der Waals surface area contributed by atoms with Gasteiger partial charge < -0.3 is 19.7 Å². The maximum atomic E-state index is 6.21. The summed E-state index contributed by atoms with van der Waals surface area (Å²) < 4.78 is 11.9. The molecule has 2 fully saturated rings. The summed E-state index contributed by atoms with van der Waals surface area (Å²) in [5, 5.41) is 3.48. The van der Waals surface area contributed by atoms with E-state index in [4.69, 9.17) is 9.47 Å². The van der Waals surface area contributed by atoms with Crippen LogP contribution in [0, 0.1) is 0 Å². The Morgan fingerprint density at radius 2 is 2.19 bits per heavy atom. The highest BCUT2D eigenvalue weighted by Crippen LogP contribution is 2.38. The second-order valence-corrected chi connectivity index (χ2v) is 6.21. The molecule has 1 aromatic rings. The van der Waals surface area contributed by atoms with E-state index < -0.39 is 0 Å². The van der Waals surface area contributed by atoms with Crippen LogP contribution in [0.5, 0.6) is 11.5 Å². The van der Waals surface area contributed by atoms with Crippen molar-refractivity contribution in [3.05, 3.63) is 23.8 Å². The molecule has 0 spiro atoms. The van der Waals surface area contributed by atoms with Crippen LogP contribution in [0.2, 0.25) is 0 Å². The van der Waals surface area contributed by atoms with E-state index in [9.17, 15) is 0 Å². The number of benzene rings is 1. The number of nitrogens with zero attached hydrogens (tertiary/aromatic N) is 1. The normalized spacial score (nSPS) is 26.8. The number of ether oxygens (including phenoxy) is 2. The number of rotatable bonds is 4. The first-order valence-electron chi connectivity index (χ1n) is 8.00. The van der Waals surface area contributed by atoms with Gasteiger partial charge in [0.1, 0.15) is 6.10 Å². The minimum atomic E-state index is 0.281. The summed E-state index contributed by atoms with van der Waals surface area (Å²) in [7, 11) is 3.90. The maximum Gasteiger partial charge on any atom is 0.164 e. The van der Waals surface area contributed by atoms with Crippen LogP contribution < -0.4 is 14.8 Å². The second-order valence-electron chi connectivity index (χ2n) is 6.21. The molecule has 2 aliphatic heterocycles. The standard InChI is InChI=1S/C17H26N2O2/c1-19-10-8-14(12-19)21-16-7-3-6-15(17(16)20-2)13-5-4-9-18-11-13/h3,6-7,13-14,18H,4-5,8-12H2,1-2H3. The van der Waals surface area contributed by atoms with Crippen LogP contribution in [0.25, 0.3) is 0 Å². The Hall–Kier alpha value is -1.26. The van der Waals surface area contributed by atoms with Crippen molar-refractivity contribution >= 4 is 0 Å². The smallest absolute Gasteiger partial charge is 0.164 e. The summed E-state index contributed by atoms with van der Waals surface area (Å²) in [6.07, 6.45) is 3.82. The van der Waals surface area contributed by atoms with Crippen molar-refractivity contribution in [1.82, 2.24) is 10.2 Å². The van der Waals surface area contributed by atoms with Gasteiger partial charge in [-0.05, 0) is 38.9 Å². The Bertz CT molecular complexity index is 472. The van der Waals surface area contributed by atoms with Gasteiger partial charge in [0, 0.05) is 31.1 Å². The van der Waals surface area contributed by atoms with E-state index in [2.05, 4.69) is 29.4 Å². The number of likely N-dealkylation sites (tertiary alicyclic amines) is 1. The summed E-state index contributed by atoms with van der Waals surface area (Å²) in [6.45, 7) is 4.27. The van der Waals surface area contributed by atoms with E-state index in [1.54, 1.807) is 7.11 Å². The van der Waals surface area contributed by atoms with Crippen LogP contribution in [-0.4, -0.2) is 51.3 Å².